The average Bonchev–Trinajstić information content (AvgIpc) is 2.12. The lowest BCUT2D eigenvalue weighted by Gasteiger charge is -2.25. The number of hydrogen-bond acceptors (Lipinski definition) is 3. The lowest BCUT2D eigenvalue weighted by Crippen LogP contribution is -2.31. The molecule has 3 nitrogen and oxygen atoms in total. The van der Waals surface area contributed by atoms with Crippen LogP contribution in [0.4, 0.5) is 0 Å². The predicted molar refractivity (Wildman–Crippen MR) is 76.7 cm³/mol. The van der Waals surface area contributed by atoms with Crippen molar-refractivity contribution in [2.45, 2.75) is 41.2 Å². The Kier molecular flexibility index (Phi) is 6.03. The molecule has 0 atom stereocenters. The summed E-state index contributed by atoms with van der Waals surface area (Å²) in [7, 11) is 0. The summed E-state index contributed by atoms with van der Waals surface area (Å²) in [5, 5.41) is 0.534. The molecule has 0 spiro atoms. The van der Waals surface area contributed by atoms with Gasteiger partial charge in [0.1, 0.15) is 11.0 Å². The highest BCUT2D eigenvalue weighted by molar-refractivity contribution is 6.29. The Hall–Kier alpha value is -0.670. The second-order valence-corrected chi connectivity index (χ2v) is 6.12. The van der Waals surface area contributed by atoms with Crippen molar-refractivity contribution in [1.29, 1.82) is 0 Å². The Morgan fingerprint density at radius 2 is 1.67 bits per heavy atom. The molecule has 1 rings (SSSR count). The monoisotopic (exact) mass is 269 g/mol. The molecule has 0 saturated carbocycles. The van der Waals surface area contributed by atoms with E-state index in [0.717, 1.165) is 31.2 Å². The van der Waals surface area contributed by atoms with Crippen molar-refractivity contribution in [3.05, 3.63) is 22.7 Å². The fraction of sp³-hybridized carbons (Fsp3) is 0.714. The van der Waals surface area contributed by atoms with Gasteiger partial charge in [0.2, 0.25) is 0 Å². The van der Waals surface area contributed by atoms with Crippen LogP contribution in [0.3, 0.4) is 0 Å². The number of aromatic nitrogens is 2. The smallest absolute Gasteiger partial charge is 0.144 e. The van der Waals surface area contributed by atoms with Crippen LogP contribution in [0, 0.1) is 18.8 Å². The van der Waals surface area contributed by atoms with Crippen LogP contribution in [0.5, 0.6) is 0 Å². The van der Waals surface area contributed by atoms with E-state index in [0.29, 0.717) is 17.0 Å². The first kappa shape index (κ1) is 15.4. The molecule has 0 unspecified atom stereocenters. The fourth-order valence-electron chi connectivity index (χ4n) is 2.10. The lowest BCUT2D eigenvalue weighted by molar-refractivity contribution is 0.206. The van der Waals surface area contributed by atoms with E-state index in [-0.39, 0.29) is 0 Å². The van der Waals surface area contributed by atoms with Gasteiger partial charge in [-0.2, -0.15) is 0 Å². The van der Waals surface area contributed by atoms with Crippen LogP contribution in [0.2, 0.25) is 5.15 Å². The van der Waals surface area contributed by atoms with E-state index < -0.39 is 0 Å². The van der Waals surface area contributed by atoms with Crippen molar-refractivity contribution in [3.8, 4) is 0 Å². The summed E-state index contributed by atoms with van der Waals surface area (Å²) in [6.07, 6.45) is 0. The molecule has 0 radical (unpaired) electrons. The molecule has 1 heterocycles. The molecule has 0 bridgehead atoms. The predicted octanol–water partition coefficient (Wildman–Crippen LogP) is 3.55. The first-order chi connectivity index (χ1) is 8.36. The van der Waals surface area contributed by atoms with E-state index >= 15 is 0 Å². The maximum absolute atomic E-state index is 5.98. The first-order valence-electron chi connectivity index (χ1n) is 6.59. The Labute approximate surface area is 116 Å². The number of aryl methyl sites for hydroxylation is 1. The van der Waals surface area contributed by atoms with Crippen LogP contribution in [0.1, 0.15) is 39.2 Å². The molecule has 1 aromatic heterocycles. The Morgan fingerprint density at radius 1 is 1.11 bits per heavy atom. The quantitative estimate of drug-likeness (QED) is 0.740. The first-order valence-corrected chi connectivity index (χ1v) is 6.97. The molecule has 4 heteroatoms. The van der Waals surface area contributed by atoms with Gasteiger partial charge >= 0.3 is 0 Å². The third-order valence-electron chi connectivity index (χ3n) is 2.48. The molecule has 0 saturated heterocycles. The van der Waals surface area contributed by atoms with E-state index in [4.69, 9.17) is 11.6 Å². The largest absolute Gasteiger partial charge is 0.295 e. The van der Waals surface area contributed by atoms with Crippen molar-refractivity contribution in [2.24, 2.45) is 11.8 Å². The highest BCUT2D eigenvalue weighted by Crippen LogP contribution is 2.11. The zero-order valence-electron chi connectivity index (χ0n) is 12.1. The van der Waals surface area contributed by atoms with Crippen molar-refractivity contribution in [1.82, 2.24) is 14.9 Å². The third-order valence-corrected chi connectivity index (χ3v) is 2.67. The molecule has 18 heavy (non-hydrogen) atoms. The van der Waals surface area contributed by atoms with Gasteiger partial charge in [-0.3, -0.25) is 4.90 Å². The highest BCUT2D eigenvalue weighted by atomic mass is 35.5. The topological polar surface area (TPSA) is 29.0 Å². The van der Waals surface area contributed by atoms with Gasteiger partial charge in [0.15, 0.2) is 0 Å². The highest BCUT2D eigenvalue weighted by Gasteiger charge is 2.12. The minimum absolute atomic E-state index is 0.534. The lowest BCUT2D eigenvalue weighted by atomic mass is 10.1. The van der Waals surface area contributed by atoms with E-state index in [9.17, 15) is 0 Å². The third kappa shape index (κ3) is 5.78. The summed E-state index contributed by atoms with van der Waals surface area (Å²) in [5.41, 5.74) is 0.930. The molecule has 102 valence electrons. The van der Waals surface area contributed by atoms with Crippen molar-refractivity contribution in [3.63, 3.8) is 0 Å². The molecule has 0 aliphatic heterocycles. The summed E-state index contributed by atoms with van der Waals surface area (Å²) in [5.74, 6) is 2.11. The molecule has 0 aliphatic carbocycles. The van der Waals surface area contributed by atoms with Gasteiger partial charge < -0.3 is 0 Å². The second-order valence-electron chi connectivity index (χ2n) is 5.73. The molecule has 0 aliphatic rings. The maximum Gasteiger partial charge on any atom is 0.144 e. The maximum atomic E-state index is 5.98. The van der Waals surface area contributed by atoms with E-state index in [2.05, 4.69) is 42.6 Å². The number of nitrogens with zero attached hydrogens (tertiary/aromatic N) is 3. The summed E-state index contributed by atoms with van der Waals surface area (Å²) in [6.45, 7) is 13.8. The fourth-order valence-corrected chi connectivity index (χ4v) is 2.35. The van der Waals surface area contributed by atoms with Gasteiger partial charge in [-0.1, -0.05) is 39.3 Å². The van der Waals surface area contributed by atoms with Gasteiger partial charge in [0, 0.05) is 18.8 Å². The van der Waals surface area contributed by atoms with Crippen LogP contribution in [-0.4, -0.2) is 28.0 Å². The SMILES string of the molecule is Cc1cc(Cl)nc(CN(CC(C)C)CC(C)C)n1. The van der Waals surface area contributed by atoms with E-state index in [1.165, 1.54) is 0 Å². The molecule has 0 aromatic carbocycles. The normalized spacial score (nSPS) is 11.8. The van der Waals surface area contributed by atoms with Gasteiger partial charge in [0.05, 0.1) is 6.54 Å². The molecular formula is C14H24ClN3. The summed E-state index contributed by atoms with van der Waals surface area (Å²) in [6, 6.07) is 1.79. The Bertz CT molecular complexity index is 347. The van der Waals surface area contributed by atoms with E-state index in [1.54, 1.807) is 6.07 Å². The number of rotatable bonds is 6. The Morgan fingerprint density at radius 3 is 2.11 bits per heavy atom. The van der Waals surface area contributed by atoms with Gasteiger partial charge in [-0.25, -0.2) is 9.97 Å². The standard InChI is InChI=1S/C14H24ClN3/c1-10(2)7-18(8-11(3)4)9-14-16-12(5)6-13(15)17-14/h6,10-11H,7-9H2,1-5H3. The van der Waals surface area contributed by atoms with Crippen molar-refractivity contribution >= 4 is 11.6 Å². The molecule has 0 amide bonds. The molecular weight excluding hydrogens is 246 g/mol. The van der Waals surface area contributed by atoms with Gasteiger partial charge in [-0.15, -0.1) is 0 Å². The van der Waals surface area contributed by atoms with E-state index in [1.807, 2.05) is 6.92 Å². The summed E-state index contributed by atoms with van der Waals surface area (Å²) in [4.78, 5) is 11.2. The summed E-state index contributed by atoms with van der Waals surface area (Å²) < 4.78 is 0. The zero-order chi connectivity index (χ0) is 13.7. The Balaban J connectivity index is 2.74. The molecule has 0 N–H and O–H groups in total. The molecule has 0 fully saturated rings. The zero-order valence-corrected chi connectivity index (χ0v) is 12.8. The second kappa shape index (κ2) is 7.05. The molecule has 1 aromatic rings. The van der Waals surface area contributed by atoms with Crippen LogP contribution in [0.15, 0.2) is 6.07 Å². The van der Waals surface area contributed by atoms with Gasteiger partial charge in [-0.05, 0) is 24.8 Å². The van der Waals surface area contributed by atoms with Crippen LogP contribution in [-0.2, 0) is 6.54 Å². The van der Waals surface area contributed by atoms with Crippen molar-refractivity contribution < 1.29 is 0 Å². The van der Waals surface area contributed by atoms with Crippen LogP contribution >= 0.6 is 11.6 Å². The number of halogens is 1. The van der Waals surface area contributed by atoms with Crippen LogP contribution < -0.4 is 0 Å². The minimum atomic E-state index is 0.534. The number of hydrogen-bond donors (Lipinski definition) is 0. The van der Waals surface area contributed by atoms with Crippen LogP contribution in [0.25, 0.3) is 0 Å². The minimum Gasteiger partial charge on any atom is -0.295 e. The van der Waals surface area contributed by atoms with Gasteiger partial charge in [0.25, 0.3) is 0 Å². The average molecular weight is 270 g/mol. The summed E-state index contributed by atoms with van der Waals surface area (Å²) >= 11 is 5.98. The van der Waals surface area contributed by atoms with Crippen molar-refractivity contribution in [2.75, 3.05) is 13.1 Å².